The van der Waals surface area contributed by atoms with Crippen LogP contribution in [0.5, 0.6) is 0 Å². The highest BCUT2D eigenvalue weighted by molar-refractivity contribution is 7.51. The first-order valence-corrected chi connectivity index (χ1v) is 4.29. The van der Waals surface area contributed by atoms with Crippen molar-refractivity contribution in [2.45, 2.75) is 0 Å². The summed E-state index contributed by atoms with van der Waals surface area (Å²) >= 11 is 0. The zero-order valence-electron chi connectivity index (χ0n) is 5.10. The molecule has 0 fully saturated rings. The number of carboxylic acid groups (broad SMARTS) is 1. The van der Waals surface area contributed by atoms with Gasteiger partial charge in [0.15, 0.2) is 12.8 Å². The van der Waals surface area contributed by atoms with E-state index in [1.165, 1.54) is 0 Å². The minimum atomic E-state index is -4.04. The molecule has 7 heteroatoms. The van der Waals surface area contributed by atoms with E-state index in [2.05, 4.69) is 0 Å². The molecule has 0 aliphatic carbocycles. The van der Waals surface area contributed by atoms with Crippen molar-refractivity contribution in [1.29, 1.82) is 0 Å². The van der Waals surface area contributed by atoms with Crippen LogP contribution in [-0.4, -0.2) is 33.7 Å². The van der Waals surface area contributed by atoms with Gasteiger partial charge in [0.2, 0.25) is 0 Å². The number of carbonyl (C=O) groups is 1. The normalized spacial score (nSPS) is 11.4. The minimum absolute atomic E-state index is 0.314. The third-order valence-corrected chi connectivity index (χ3v) is 1.42. The second-order valence-electron chi connectivity index (χ2n) is 1.73. The molecule has 0 aliphatic rings. The topological polar surface area (TPSA) is 111 Å². The summed E-state index contributed by atoms with van der Waals surface area (Å²) in [5.74, 6) is -1.09. The Kier molecular flexibility index (Phi) is 3.52. The molecule has 0 aromatic heterocycles. The highest BCUT2D eigenvalue weighted by Gasteiger charge is 2.15. The van der Waals surface area contributed by atoms with Crippen LogP contribution in [0, 0.1) is 0 Å². The molecule has 0 unspecified atom stereocenters. The number of quaternary nitrogens is 1. The first-order valence-electron chi connectivity index (χ1n) is 2.50. The molecule has 0 rings (SSSR count). The van der Waals surface area contributed by atoms with E-state index in [1.807, 2.05) is 0 Å². The van der Waals surface area contributed by atoms with Crippen LogP contribution < -0.4 is 5.32 Å². The molecule has 0 amide bonds. The summed E-state index contributed by atoms with van der Waals surface area (Å²) in [4.78, 5) is 26.2. The SMILES string of the molecule is O=C(O)C[NH2+]CP(=O)(O)O. The Labute approximate surface area is 57.0 Å². The van der Waals surface area contributed by atoms with E-state index < -0.39 is 19.9 Å². The quantitative estimate of drug-likeness (QED) is 0.357. The van der Waals surface area contributed by atoms with Crippen LogP contribution in [0.2, 0.25) is 0 Å². The molecule has 0 saturated carbocycles. The van der Waals surface area contributed by atoms with Crippen molar-refractivity contribution in [2.75, 3.05) is 12.8 Å². The smallest absolute Gasteiger partial charge is 0.379 e. The van der Waals surface area contributed by atoms with Gasteiger partial charge in [-0.25, -0.2) is 4.79 Å². The average molecular weight is 170 g/mol. The van der Waals surface area contributed by atoms with Crippen molar-refractivity contribution in [2.24, 2.45) is 0 Å². The summed E-state index contributed by atoms with van der Waals surface area (Å²) in [7, 11) is -4.04. The van der Waals surface area contributed by atoms with E-state index in [0.717, 1.165) is 5.32 Å². The van der Waals surface area contributed by atoms with Crippen molar-refractivity contribution in [3.05, 3.63) is 0 Å². The van der Waals surface area contributed by atoms with Gasteiger partial charge in [0.05, 0.1) is 0 Å². The second-order valence-corrected chi connectivity index (χ2v) is 3.43. The van der Waals surface area contributed by atoms with Gasteiger partial charge >= 0.3 is 13.6 Å². The van der Waals surface area contributed by atoms with Gasteiger partial charge in [0, 0.05) is 0 Å². The monoisotopic (exact) mass is 170 g/mol. The first kappa shape index (κ1) is 9.58. The minimum Gasteiger partial charge on any atom is -0.477 e. The molecule has 0 heterocycles. The van der Waals surface area contributed by atoms with Crippen molar-refractivity contribution >= 4 is 13.6 Å². The Morgan fingerprint density at radius 1 is 1.50 bits per heavy atom. The van der Waals surface area contributed by atoms with Crippen LogP contribution in [0.1, 0.15) is 0 Å². The van der Waals surface area contributed by atoms with Crippen LogP contribution >= 0.6 is 7.60 Å². The second kappa shape index (κ2) is 3.68. The molecule has 60 valence electrons. The largest absolute Gasteiger partial charge is 0.477 e. The fraction of sp³-hybridized carbons (Fsp3) is 0.667. The summed E-state index contributed by atoms with van der Waals surface area (Å²) in [6, 6.07) is 0. The first-order chi connectivity index (χ1) is 4.42. The molecule has 0 aliphatic heterocycles. The fourth-order valence-electron chi connectivity index (χ4n) is 0.356. The van der Waals surface area contributed by atoms with Crippen molar-refractivity contribution in [3.8, 4) is 0 Å². The third kappa shape index (κ3) is 7.58. The summed E-state index contributed by atoms with van der Waals surface area (Å²) in [6.07, 6.45) is -0.473. The third-order valence-electron chi connectivity index (χ3n) is 0.686. The van der Waals surface area contributed by atoms with Crippen LogP contribution in [-0.2, 0) is 9.36 Å². The van der Waals surface area contributed by atoms with Gasteiger partial charge in [0.1, 0.15) is 0 Å². The molecule has 0 aromatic carbocycles. The van der Waals surface area contributed by atoms with Crippen LogP contribution in [0.3, 0.4) is 0 Å². The molecule has 6 nitrogen and oxygen atoms in total. The molecule has 0 spiro atoms. The Bertz CT molecular complexity index is 162. The van der Waals surface area contributed by atoms with Gasteiger partial charge in [-0.15, -0.1) is 0 Å². The fourth-order valence-corrected chi connectivity index (χ4v) is 0.822. The Morgan fingerprint density at radius 2 is 2.00 bits per heavy atom. The lowest BCUT2D eigenvalue weighted by Crippen LogP contribution is -2.85. The van der Waals surface area contributed by atoms with Crippen LogP contribution in [0.25, 0.3) is 0 Å². The Balaban J connectivity index is 3.39. The van der Waals surface area contributed by atoms with E-state index in [0.29, 0.717) is 0 Å². The maximum Gasteiger partial charge on any atom is 0.379 e. The molecule has 0 saturated heterocycles. The number of hydrogen-bond donors (Lipinski definition) is 4. The molecular weight excluding hydrogens is 161 g/mol. The zero-order valence-corrected chi connectivity index (χ0v) is 5.99. The molecule has 0 atom stereocenters. The lowest BCUT2D eigenvalue weighted by Gasteiger charge is -1.99. The Hall–Kier alpha value is -0.420. The molecular formula is C3H9NO5P+. The number of hydrogen-bond acceptors (Lipinski definition) is 2. The summed E-state index contributed by atoms with van der Waals surface area (Å²) in [5, 5.41) is 9.07. The highest BCUT2D eigenvalue weighted by atomic mass is 31.2. The van der Waals surface area contributed by atoms with Gasteiger partial charge in [0.25, 0.3) is 0 Å². The maximum atomic E-state index is 10.1. The molecule has 0 aromatic rings. The zero-order chi connectivity index (χ0) is 8.20. The lowest BCUT2D eigenvalue weighted by molar-refractivity contribution is -0.630. The number of nitrogens with two attached hydrogens (primary N) is 1. The maximum absolute atomic E-state index is 10.1. The van der Waals surface area contributed by atoms with Crippen molar-refractivity contribution in [1.82, 2.24) is 0 Å². The number of aliphatic carboxylic acids is 1. The van der Waals surface area contributed by atoms with Gasteiger partial charge in [-0.1, -0.05) is 0 Å². The molecule has 5 N–H and O–H groups in total. The standard InChI is InChI=1S/C3H8NO5P/c5-3(6)1-4-2-10(7,8)9/h4H,1-2H2,(H,5,6)(H2,7,8,9)/p+1. The van der Waals surface area contributed by atoms with E-state index in [1.54, 1.807) is 0 Å². The van der Waals surface area contributed by atoms with E-state index in [4.69, 9.17) is 14.9 Å². The molecule has 0 radical (unpaired) electrons. The molecule has 0 bridgehead atoms. The average Bonchev–Trinajstić information content (AvgIpc) is 1.59. The van der Waals surface area contributed by atoms with Crippen molar-refractivity contribution < 1.29 is 29.6 Å². The summed E-state index contributed by atoms with van der Waals surface area (Å²) in [5.41, 5.74) is 0. The van der Waals surface area contributed by atoms with Gasteiger partial charge in [-0.3, -0.25) is 4.57 Å². The van der Waals surface area contributed by atoms with Gasteiger partial charge < -0.3 is 20.2 Å². The van der Waals surface area contributed by atoms with Gasteiger partial charge in [-0.05, 0) is 0 Å². The van der Waals surface area contributed by atoms with Gasteiger partial charge in [-0.2, -0.15) is 0 Å². The predicted molar refractivity (Wildman–Crippen MR) is 31.3 cm³/mol. The predicted octanol–water partition coefficient (Wildman–Crippen LogP) is -2.23. The Morgan fingerprint density at radius 3 is 2.30 bits per heavy atom. The van der Waals surface area contributed by atoms with E-state index in [-0.39, 0.29) is 6.54 Å². The van der Waals surface area contributed by atoms with Crippen molar-refractivity contribution in [3.63, 3.8) is 0 Å². The highest BCUT2D eigenvalue weighted by Crippen LogP contribution is 2.29. The number of rotatable bonds is 4. The van der Waals surface area contributed by atoms with E-state index in [9.17, 15) is 9.36 Å². The summed E-state index contributed by atoms with van der Waals surface area (Å²) < 4.78 is 10.1. The van der Waals surface area contributed by atoms with E-state index >= 15 is 0 Å². The number of carboxylic acids is 1. The van der Waals surface area contributed by atoms with Crippen LogP contribution in [0.4, 0.5) is 0 Å². The summed E-state index contributed by atoms with van der Waals surface area (Å²) in [6.45, 7) is -0.314. The lowest BCUT2D eigenvalue weighted by atomic mass is 10.7. The van der Waals surface area contributed by atoms with Crippen LogP contribution in [0.15, 0.2) is 0 Å². The molecule has 10 heavy (non-hydrogen) atoms.